The molecule has 1 aliphatic rings. The van der Waals surface area contributed by atoms with E-state index in [2.05, 4.69) is 37.7 Å². The summed E-state index contributed by atoms with van der Waals surface area (Å²) < 4.78 is 10.2. The Hall–Kier alpha value is -1.89. The first-order valence-electron chi connectivity index (χ1n) is 13.3. The quantitative estimate of drug-likeness (QED) is 0.103. The molecule has 0 aromatic carbocycles. The summed E-state index contributed by atoms with van der Waals surface area (Å²) in [7, 11) is 2.12. The summed E-state index contributed by atoms with van der Waals surface area (Å²) in [5.41, 5.74) is -0.149. The van der Waals surface area contributed by atoms with Gasteiger partial charge in [0.2, 0.25) is 0 Å². The maximum Gasteiger partial charge on any atom is 0.408 e. The Labute approximate surface area is 215 Å². The van der Waals surface area contributed by atoms with E-state index in [4.69, 9.17) is 4.74 Å². The minimum atomic E-state index is -0.794. The maximum absolute atomic E-state index is 12.8. The number of ketones is 1. The smallest absolute Gasteiger partial charge is 0.408 e. The van der Waals surface area contributed by atoms with Crippen LogP contribution in [0.15, 0.2) is 23.8 Å². The number of nitrogens with one attached hydrogen (secondary N) is 1. The van der Waals surface area contributed by atoms with Crippen molar-refractivity contribution in [1.29, 1.82) is 0 Å². The van der Waals surface area contributed by atoms with Crippen LogP contribution in [0.4, 0.5) is 4.79 Å². The first-order chi connectivity index (χ1) is 16.6. The van der Waals surface area contributed by atoms with Gasteiger partial charge < -0.3 is 14.8 Å². The maximum atomic E-state index is 12.8. The molecular weight excluding hydrogens is 458 g/mol. The normalized spacial score (nSPS) is 18.8. The fraction of sp³-hybridized carbons (Fsp3) is 0.750. The van der Waals surface area contributed by atoms with Crippen LogP contribution < -0.4 is 5.32 Å². The van der Waals surface area contributed by atoms with Crippen molar-refractivity contribution < 1.29 is 23.9 Å². The molecule has 35 heavy (non-hydrogen) atoms. The van der Waals surface area contributed by atoms with Crippen LogP contribution in [-0.4, -0.2) is 46.6 Å². The number of methoxy groups -OCH3 is 1. The van der Waals surface area contributed by atoms with Gasteiger partial charge in [-0.25, -0.2) is 4.79 Å². The molecule has 6 nitrogen and oxygen atoms in total. The number of amides is 1. The van der Waals surface area contributed by atoms with Gasteiger partial charge >= 0.3 is 12.1 Å². The van der Waals surface area contributed by atoms with Crippen LogP contribution in [0.25, 0.3) is 0 Å². The molecule has 0 bridgehead atoms. The van der Waals surface area contributed by atoms with Crippen molar-refractivity contribution in [3.8, 4) is 0 Å². The summed E-state index contributed by atoms with van der Waals surface area (Å²) in [6.07, 6.45) is 16.1. The molecule has 0 aliphatic heterocycles. The Kier molecular flexibility index (Phi) is 14.9. The van der Waals surface area contributed by atoms with Crippen molar-refractivity contribution in [3.63, 3.8) is 0 Å². The first kappa shape index (κ1) is 31.1. The predicted molar refractivity (Wildman–Crippen MR) is 143 cm³/mol. The molecule has 1 amide bonds. The average molecular weight is 506 g/mol. The number of rotatable bonds is 17. The van der Waals surface area contributed by atoms with E-state index in [1.54, 1.807) is 6.08 Å². The van der Waals surface area contributed by atoms with Crippen LogP contribution in [0.1, 0.15) is 105 Å². The molecular formula is C28H47NO5Si. The van der Waals surface area contributed by atoms with Crippen LogP contribution in [0.3, 0.4) is 0 Å². The number of ether oxygens (including phenoxy) is 2. The molecule has 2 radical (unpaired) electrons. The number of unbranched alkanes of at least 4 members (excludes halogenated alkanes) is 8. The molecule has 1 aliphatic carbocycles. The summed E-state index contributed by atoms with van der Waals surface area (Å²) >= 11 is 0. The van der Waals surface area contributed by atoms with Gasteiger partial charge in [-0.3, -0.25) is 9.59 Å². The summed E-state index contributed by atoms with van der Waals surface area (Å²) in [6, 6.07) is 0.838. The Morgan fingerprint density at radius 3 is 2.43 bits per heavy atom. The van der Waals surface area contributed by atoms with E-state index < -0.39 is 11.6 Å². The minimum Gasteiger partial charge on any atom is -0.469 e. The zero-order valence-corrected chi connectivity index (χ0v) is 23.7. The lowest BCUT2D eigenvalue weighted by atomic mass is 9.85. The molecule has 198 valence electrons. The lowest BCUT2D eigenvalue weighted by Crippen LogP contribution is -2.48. The highest BCUT2D eigenvalue weighted by Crippen LogP contribution is 2.33. The van der Waals surface area contributed by atoms with Crippen molar-refractivity contribution >= 4 is 27.4 Å². The van der Waals surface area contributed by atoms with E-state index in [1.165, 1.54) is 32.8 Å². The van der Waals surface area contributed by atoms with Crippen LogP contribution >= 0.6 is 0 Å². The van der Waals surface area contributed by atoms with E-state index in [0.29, 0.717) is 34.5 Å². The van der Waals surface area contributed by atoms with Gasteiger partial charge in [0.05, 0.1) is 19.3 Å². The molecule has 0 aromatic rings. The number of hydrogen-bond acceptors (Lipinski definition) is 5. The van der Waals surface area contributed by atoms with Crippen molar-refractivity contribution in [2.45, 2.75) is 121 Å². The van der Waals surface area contributed by atoms with E-state index in [-0.39, 0.29) is 16.8 Å². The molecule has 0 heterocycles. The molecule has 1 atom stereocenters. The number of carbonyl (C=O) groups excluding carboxylic acids is 3. The highest BCUT2D eigenvalue weighted by atomic mass is 28.2. The van der Waals surface area contributed by atoms with E-state index >= 15 is 0 Å². The van der Waals surface area contributed by atoms with Crippen molar-refractivity contribution in [2.75, 3.05) is 13.7 Å². The van der Waals surface area contributed by atoms with E-state index in [9.17, 15) is 14.4 Å². The average Bonchev–Trinajstić information content (AvgIpc) is 3.10. The molecule has 7 heteroatoms. The third-order valence-electron chi connectivity index (χ3n) is 6.17. The van der Waals surface area contributed by atoms with Gasteiger partial charge in [0.15, 0.2) is 5.78 Å². The molecule has 0 unspecified atom stereocenters. The molecule has 1 rings (SSSR count). The summed E-state index contributed by atoms with van der Waals surface area (Å²) in [6.45, 7) is 9.13. The van der Waals surface area contributed by atoms with Crippen LogP contribution in [0.5, 0.6) is 0 Å². The number of hydrogen-bond donors (Lipinski definition) is 1. The highest BCUT2D eigenvalue weighted by Gasteiger charge is 2.40. The largest absolute Gasteiger partial charge is 0.469 e. The Morgan fingerprint density at radius 1 is 1.06 bits per heavy atom. The van der Waals surface area contributed by atoms with Gasteiger partial charge in [-0.1, -0.05) is 84.8 Å². The lowest BCUT2D eigenvalue weighted by Gasteiger charge is -2.30. The highest BCUT2D eigenvalue weighted by molar-refractivity contribution is 6.39. The van der Waals surface area contributed by atoms with Crippen molar-refractivity contribution in [1.82, 2.24) is 5.32 Å². The van der Waals surface area contributed by atoms with Gasteiger partial charge in [0.25, 0.3) is 0 Å². The number of carbonyl (C=O) groups is 3. The standard InChI is InChI=1S/C28H47NO5Si/c1-6-7-8-9-12-15-19-28(29-26(32)34-21-22-35-27(2,3)4)20-18-24(30)23(28)16-13-10-11-14-17-25(31)33-5/h16,18,20H,6-15,17,19,21-22H2,1-5H3,(H,29,32)/b23-16-/t28-/m1/s1. The molecule has 0 fully saturated rings. The second-order valence-electron chi connectivity index (χ2n) is 10.4. The Balaban J connectivity index is 2.75. The summed E-state index contributed by atoms with van der Waals surface area (Å²) in [4.78, 5) is 36.7. The summed E-state index contributed by atoms with van der Waals surface area (Å²) in [5, 5.41) is 3.28. The second-order valence-corrected chi connectivity index (χ2v) is 12.8. The zero-order valence-electron chi connectivity index (χ0n) is 22.7. The number of allylic oxidation sites excluding steroid dienone is 2. The van der Waals surface area contributed by atoms with Crippen LogP contribution in [0.2, 0.25) is 11.1 Å². The summed E-state index contributed by atoms with van der Waals surface area (Å²) in [5.74, 6) is -0.234. The molecule has 0 saturated heterocycles. The van der Waals surface area contributed by atoms with Crippen LogP contribution in [-0.2, 0) is 19.1 Å². The lowest BCUT2D eigenvalue weighted by molar-refractivity contribution is -0.140. The Morgan fingerprint density at radius 2 is 1.74 bits per heavy atom. The fourth-order valence-corrected chi connectivity index (χ4v) is 5.15. The molecule has 0 saturated carbocycles. The van der Waals surface area contributed by atoms with Gasteiger partial charge in [-0.2, -0.15) is 0 Å². The Bertz CT molecular complexity index is 725. The van der Waals surface area contributed by atoms with Crippen LogP contribution in [0, 0.1) is 0 Å². The van der Waals surface area contributed by atoms with Gasteiger partial charge in [0, 0.05) is 21.5 Å². The SMILES string of the molecule is CCCCCCCC[C@@]1(NC(=O)OCC[Si]C(C)(C)C)C=CC(=O)/C1=C/CCCCCC(=O)OC. The van der Waals surface area contributed by atoms with E-state index in [0.717, 1.165) is 44.6 Å². The minimum absolute atomic E-state index is 0.0416. The third kappa shape index (κ3) is 13.1. The van der Waals surface area contributed by atoms with E-state index in [1.807, 2.05) is 12.2 Å². The fourth-order valence-electron chi connectivity index (χ4n) is 4.20. The monoisotopic (exact) mass is 505 g/mol. The number of esters is 1. The van der Waals surface area contributed by atoms with Crippen molar-refractivity contribution in [3.05, 3.63) is 23.8 Å². The molecule has 0 spiro atoms. The predicted octanol–water partition coefficient (Wildman–Crippen LogP) is 6.73. The van der Waals surface area contributed by atoms with Crippen molar-refractivity contribution in [2.24, 2.45) is 0 Å². The molecule has 0 aromatic heterocycles. The van der Waals surface area contributed by atoms with Gasteiger partial charge in [-0.15, -0.1) is 0 Å². The number of alkyl carbamates (subject to hydrolysis) is 1. The topological polar surface area (TPSA) is 81.7 Å². The molecule has 1 N–H and O–H groups in total. The third-order valence-corrected chi connectivity index (χ3v) is 7.68. The van der Waals surface area contributed by atoms with Gasteiger partial charge in [-0.05, 0) is 42.8 Å². The van der Waals surface area contributed by atoms with Gasteiger partial charge in [0.1, 0.15) is 0 Å². The zero-order chi connectivity index (χ0) is 26.2. The second kappa shape index (κ2) is 16.7. The first-order valence-corrected chi connectivity index (χ1v) is 14.6.